The van der Waals surface area contributed by atoms with Gasteiger partial charge in [0, 0.05) is 67.7 Å². The third-order valence-corrected chi connectivity index (χ3v) is 4.19. The van der Waals surface area contributed by atoms with E-state index in [0.717, 1.165) is 29.5 Å². The van der Waals surface area contributed by atoms with E-state index in [2.05, 4.69) is 27.0 Å². The summed E-state index contributed by atoms with van der Waals surface area (Å²) in [4.78, 5) is 17.9. The van der Waals surface area contributed by atoms with Gasteiger partial charge >= 0.3 is 0 Å². The van der Waals surface area contributed by atoms with Crippen LogP contribution in [0.2, 0.25) is 0 Å². The van der Waals surface area contributed by atoms with Crippen LogP contribution in [-0.4, -0.2) is 40.7 Å². The SMILES string of the molecule is C=C(/C=C(N)\C(C=N)=C(/C)c1nc(/C(=C/N(C)C)C(=C)CC)cn1C)C(N)=O.CCC. The maximum atomic E-state index is 11.2. The van der Waals surface area contributed by atoms with Crippen LogP contribution in [0.25, 0.3) is 11.1 Å². The van der Waals surface area contributed by atoms with Crippen LogP contribution in [0.3, 0.4) is 0 Å². The van der Waals surface area contributed by atoms with Gasteiger partial charge in [0.1, 0.15) is 5.82 Å². The Morgan fingerprint density at radius 1 is 1.26 bits per heavy atom. The number of carbonyl (C=O) groups is 1. The molecule has 1 aromatic heterocycles. The largest absolute Gasteiger partial charge is 0.398 e. The number of carbonyl (C=O) groups excluding carboxylic acids is 1. The van der Waals surface area contributed by atoms with Gasteiger partial charge in [0.2, 0.25) is 5.91 Å². The molecule has 0 radical (unpaired) electrons. The molecule has 7 nitrogen and oxygen atoms in total. The Kier molecular flexibility index (Phi) is 11.6. The molecular weight excluding hydrogens is 388 g/mol. The summed E-state index contributed by atoms with van der Waals surface area (Å²) >= 11 is 0. The number of nitrogens with two attached hydrogens (primary N) is 2. The summed E-state index contributed by atoms with van der Waals surface area (Å²) in [6.45, 7) is 15.8. The first-order valence-corrected chi connectivity index (χ1v) is 10.2. The molecule has 0 aliphatic carbocycles. The molecular formula is C24H38N6O. The number of rotatable bonds is 9. The molecule has 1 aromatic rings. The summed E-state index contributed by atoms with van der Waals surface area (Å²) in [5, 5.41) is 7.76. The summed E-state index contributed by atoms with van der Waals surface area (Å²) < 4.78 is 1.87. The monoisotopic (exact) mass is 426 g/mol. The van der Waals surface area contributed by atoms with Crippen LogP contribution in [-0.2, 0) is 11.8 Å². The van der Waals surface area contributed by atoms with Crippen LogP contribution in [0, 0.1) is 5.41 Å². The van der Waals surface area contributed by atoms with Gasteiger partial charge in [-0.05, 0) is 25.0 Å². The highest BCUT2D eigenvalue weighted by Gasteiger charge is 2.16. The van der Waals surface area contributed by atoms with E-state index >= 15 is 0 Å². The molecule has 0 spiro atoms. The Labute approximate surface area is 187 Å². The van der Waals surface area contributed by atoms with E-state index in [1.54, 1.807) is 0 Å². The van der Waals surface area contributed by atoms with Crippen molar-refractivity contribution >= 4 is 23.3 Å². The minimum atomic E-state index is -0.666. The van der Waals surface area contributed by atoms with Crippen molar-refractivity contribution in [2.75, 3.05) is 14.1 Å². The molecule has 170 valence electrons. The predicted molar refractivity (Wildman–Crippen MR) is 132 cm³/mol. The number of hydrogen-bond acceptors (Lipinski definition) is 5. The van der Waals surface area contributed by atoms with Crippen molar-refractivity contribution in [1.29, 1.82) is 5.41 Å². The van der Waals surface area contributed by atoms with Crippen LogP contribution >= 0.6 is 0 Å². The van der Waals surface area contributed by atoms with E-state index in [0.29, 0.717) is 17.0 Å². The average Bonchev–Trinajstić information content (AvgIpc) is 3.07. The molecule has 0 bridgehead atoms. The van der Waals surface area contributed by atoms with Gasteiger partial charge in [0.25, 0.3) is 0 Å². The van der Waals surface area contributed by atoms with Crippen LogP contribution in [0.4, 0.5) is 0 Å². The lowest BCUT2D eigenvalue weighted by Gasteiger charge is -2.11. The van der Waals surface area contributed by atoms with E-state index in [1.165, 1.54) is 12.5 Å². The standard InChI is InChI=1S/C21H30N6O.C3H8/c1-8-13(2)17(11-26(5)6)19-12-27(7)21(25-19)15(4)16(10-22)18(23)9-14(3)20(24)28;1-3-2/h9-12,22H,2-3,8,23H2,1,4-7H3,(H2,24,28);3H2,1-2H3/b16-15+,17-11+,18-9+,22-10?;. The fourth-order valence-electron chi connectivity index (χ4n) is 2.60. The fraction of sp³-hybridized carbons (Fsp3) is 0.375. The van der Waals surface area contributed by atoms with Crippen LogP contribution < -0.4 is 11.5 Å². The number of imidazole rings is 1. The molecule has 31 heavy (non-hydrogen) atoms. The third kappa shape index (κ3) is 8.12. The molecule has 0 aliphatic rings. The summed E-state index contributed by atoms with van der Waals surface area (Å²) in [5.41, 5.74) is 15.4. The van der Waals surface area contributed by atoms with Crippen molar-refractivity contribution in [1.82, 2.24) is 14.5 Å². The van der Waals surface area contributed by atoms with Crippen molar-refractivity contribution in [3.8, 4) is 0 Å². The van der Waals surface area contributed by atoms with Gasteiger partial charge < -0.3 is 26.3 Å². The normalized spacial score (nSPS) is 12.4. The molecule has 1 amide bonds. The zero-order valence-corrected chi connectivity index (χ0v) is 20.0. The second-order valence-electron chi connectivity index (χ2n) is 7.40. The second-order valence-corrected chi connectivity index (χ2v) is 7.40. The topological polar surface area (TPSA) is 114 Å². The molecule has 5 N–H and O–H groups in total. The molecule has 0 saturated carbocycles. The van der Waals surface area contributed by atoms with Gasteiger partial charge in [-0.2, -0.15) is 0 Å². The molecule has 0 fully saturated rings. The molecule has 7 heteroatoms. The van der Waals surface area contributed by atoms with Crippen molar-refractivity contribution in [3.05, 3.63) is 65.6 Å². The highest BCUT2D eigenvalue weighted by atomic mass is 16.1. The molecule has 0 atom stereocenters. The summed E-state index contributed by atoms with van der Waals surface area (Å²) in [7, 11) is 5.77. The number of nitrogens with zero attached hydrogens (tertiary/aromatic N) is 3. The number of nitrogens with one attached hydrogen (secondary N) is 1. The maximum absolute atomic E-state index is 11.2. The Morgan fingerprint density at radius 2 is 1.81 bits per heavy atom. The van der Waals surface area contributed by atoms with Gasteiger partial charge in [-0.1, -0.05) is 40.3 Å². The zero-order chi connectivity index (χ0) is 24.3. The quantitative estimate of drug-likeness (QED) is 0.314. The minimum Gasteiger partial charge on any atom is -0.398 e. The van der Waals surface area contributed by atoms with E-state index in [4.69, 9.17) is 21.9 Å². The highest BCUT2D eigenvalue weighted by molar-refractivity contribution is 5.97. The molecule has 0 aliphatic heterocycles. The Hall–Kier alpha value is -3.35. The van der Waals surface area contributed by atoms with Crippen molar-refractivity contribution in [2.24, 2.45) is 18.5 Å². The van der Waals surface area contributed by atoms with Crippen LogP contribution in [0.15, 0.2) is 54.0 Å². The molecule has 1 heterocycles. The minimum absolute atomic E-state index is 0.0700. The van der Waals surface area contributed by atoms with Crippen LogP contribution in [0.5, 0.6) is 0 Å². The summed E-state index contributed by atoms with van der Waals surface area (Å²) in [6.07, 6.45) is 8.45. The first kappa shape index (κ1) is 27.6. The maximum Gasteiger partial charge on any atom is 0.248 e. The van der Waals surface area contributed by atoms with Crippen molar-refractivity contribution in [2.45, 2.75) is 40.5 Å². The van der Waals surface area contributed by atoms with Gasteiger partial charge in [-0.3, -0.25) is 4.79 Å². The first-order valence-electron chi connectivity index (χ1n) is 10.2. The molecule has 0 aromatic carbocycles. The molecule has 0 unspecified atom stereocenters. The van der Waals surface area contributed by atoms with Gasteiger partial charge in [-0.25, -0.2) is 4.98 Å². The number of allylic oxidation sites excluding steroid dienone is 4. The second kappa shape index (κ2) is 13.1. The third-order valence-electron chi connectivity index (χ3n) is 4.19. The van der Waals surface area contributed by atoms with Crippen molar-refractivity contribution < 1.29 is 4.79 Å². The molecule has 0 saturated heterocycles. The lowest BCUT2D eigenvalue weighted by Crippen LogP contribution is -2.14. The van der Waals surface area contributed by atoms with E-state index in [9.17, 15) is 4.79 Å². The zero-order valence-electron chi connectivity index (χ0n) is 20.0. The smallest absolute Gasteiger partial charge is 0.248 e. The van der Waals surface area contributed by atoms with E-state index in [1.807, 2.05) is 56.9 Å². The Balaban J connectivity index is 0.00000282. The fourth-order valence-corrected chi connectivity index (χ4v) is 2.60. The van der Waals surface area contributed by atoms with E-state index in [-0.39, 0.29) is 11.3 Å². The lowest BCUT2D eigenvalue weighted by molar-refractivity contribution is -0.114. The number of primary amides is 1. The van der Waals surface area contributed by atoms with E-state index < -0.39 is 5.91 Å². The lowest BCUT2D eigenvalue weighted by atomic mass is 10.0. The van der Waals surface area contributed by atoms with Gasteiger partial charge in [0.15, 0.2) is 0 Å². The van der Waals surface area contributed by atoms with Gasteiger partial charge in [0.05, 0.1) is 5.69 Å². The summed E-state index contributed by atoms with van der Waals surface area (Å²) in [6, 6.07) is 0. The summed E-state index contributed by atoms with van der Waals surface area (Å²) in [5.74, 6) is -0.0103. The average molecular weight is 427 g/mol. The highest BCUT2D eigenvalue weighted by Crippen LogP contribution is 2.27. The Morgan fingerprint density at radius 3 is 2.23 bits per heavy atom. The first-order chi connectivity index (χ1) is 14.4. The number of hydrogen-bond donors (Lipinski definition) is 3. The number of aryl methyl sites for hydroxylation is 1. The number of aromatic nitrogens is 2. The predicted octanol–water partition coefficient (Wildman–Crippen LogP) is 4.01. The Bertz CT molecular complexity index is 912. The molecule has 1 rings (SSSR count). The van der Waals surface area contributed by atoms with Crippen LogP contribution in [0.1, 0.15) is 52.1 Å². The van der Waals surface area contributed by atoms with Gasteiger partial charge in [-0.15, -0.1) is 0 Å². The number of amides is 1. The van der Waals surface area contributed by atoms with Crippen molar-refractivity contribution in [3.63, 3.8) is 0 Å².